The summed E-state index contributed by atoms with van der Waals surface area (Å²) in [4.78, 5) is 39.7. The minimum Gasteiger partial charge on any atom is -0.350 e. The van der Waals surface area contributed by atoms with Crippen LogP contribution in [0.3, 0.4) is 0 Å². The van der Waals surface area contributed by atoms with E-state index in [-0.39, 0.29) is 11.8 Å². The van der Waals surface area contributed by atoms with E-state index < -0.39 is 17.9 Å². The third-order valence-corrected chi connectivity index (χ3v) is 5.14. The molecule has 0 saturated carbocycles. The molecule has 1 aliphatic heterocycles. The number of hydrogen-bond donors (Lipinski definition) is 1. The molecular formula is C22H24N2O3. The predicted molar refractivity (Wildman–Crippen MR) is 103 cm³/mol. The minimum absolute atomic E-state index is 0.148. The summed E-state index contributed by atoms with van der Waals surface area (Å²) in [7, 11) is 0. The number of carbonyl (C=O) groups is 3. The first-order valence-corrected chi connectivity index (χ1v) is 9.24. The molecule has 2 atom stereocenters. The van der Waals surface area contributed by atoms with Gasteiger partial charge in [0, 0.05) is 6.54 Å². The van der Waals surface area contributed by atoms with Crippen molar-refractivity contribution >= 4 is 17.7 Å². The molecule has 0 aromatic heterocycles. The Morgan fingerprint density at radius 3 is 2.07 bits per heavy atom. The van der Waals surface area contributed by atoms with Crippen LogP contribution in [0.4, 0.5) is 0 Å². The van der Waals surface area contributed by atoms with E-state index in [9.17, 15) is 14.4 Å². The van der Waals surface area contributed by atoms with Gasteiger partial charge in [-0.05, 0) is 30.5 Å². The van der Waals surface area contributed by atoms with Crippen LogP contribution in [0, 0.1) is 12.8 Å². The van der Waals surface area contributed by atoms with Crippen LogP contribution in [0.25, 0.3) is 0 Å². The molecule has 5 heteroatoms. The molecule has 0 bridgehead atoms. The number of carbonyl (C=O) groups excluding carboxylic acids is 3. The van der Waals surface area contributed by atoms with E-state index >= 15 is 0 Å². The zero-order valence-electron chi connectivity index (χ0n) is 15.9. The molecule has 5 nitrogen and oxygen atoms in total. The molecule has 27 heavy (non-hydrogen) atoms. The lowest BCUT2D eigenvalue weighted by molar-refractivity contribution is -0.126. The first-order valence-electron chi connectivity index (χ1n) is 9.24. The number of hydrogen-bond acceptors (Lipinski definition) is 3. The van der Waals surface area contributed by atoms with E-state index in [0.717, 1.165) is 16.0 Å². The van der Waals surface area contributed by atoms with Gasteiger partial charge in [-0.15, -0.1) is 0 Å². The Labute approximate surface area is 159 Å². The fourth-order valence-corrected chi connectivity index (χ4v) is 3.31. The second kappa shape index (κ2) is 7.74. The van der Waals surface area contributed by atoms with Crippen molar-refractivity contribution in [1.29, 1.82) is 0 Å². The van der Waals surface area contributed by atoms with Crippen molar-refractivity contribution in [2.45, 2.75) is 39.8 Å². The first kappa shape index (κ1) is 18.8. The van der Waals surface area contributed by atoms with E-state index in [1.54, 1.807) is 24.3 Å². The summed E-state index contributed by atoms with van der Waals surface area (Å²) in [6, 6.07) is 13.8. The Morgan fingerprint density at radius 2 is 1.56 bits per heavy atom. The van der Waals surface area contributed by atoms with Crippen molar-refractivity contribution in [3.8, 4) is 0 Å². The molecule has 0 fully saturated rings. The molecule has 140 valence electrons. The van der Waals surface area contributed by atoms with E-state index in [1.807, 2.05) is 45.0 Å². The number of aryl methyl sites for hydroxylation is 1. The second-order valence-electron chi connectivity index (χ2n) is 7.06. The molecule has 0 saturated heterocycles. The van der Waals surface area contributed by atoms with Gasteiger partial charge in [0.1, 0.15) is 6.04 Å². The molecule has 2 unspecified atom stereocenters. The van der Waals surface area contributed by atoms with Gasteiger partial charge in [0.05, 0.1) is 11.1 Å². The van der Waals surface area contributed by atoms with Crippen molar-refractivity contribution in [3.63, 3.8) is 0 Å². The smallest absolute Gasteiger partial charge is 0.262 e. The van der Waals surface area contributed by atoms with Gasteiger partial charge in [0.25, 0.3) is 11.8 Å². The van der Waals surface area contributed by atoms with Crippen LogP contribution in [-0.2, 0) is 11.3 Å². The van der Waals surface area contributed by atoms with Gasteiger partial charge in [-0.3, -0.25) is 19.3 Å². The highest BCUT2D eigenvalue weighted by atomic mass is 16.2. The lowest BCUT2D eigenvalue weighted by Gasteiger charge is -2.29. The standard InChI is InChI=1S/C22H24N2O3/c1-4-15(3)19(20(25)23-13-16-11-9-14(2)10-12-16)24-21(26)17-7-5-6-8-18(17)22(24)27/h5-12,15,19H,4,13H2,1-3H3,(H,23,25). The highest BCUT2D eigenvalue weighted by Crippen LogP contribution is 2.28. The molecule has 2 aromatic rings. The molecule has 3 rings (SSSR count). The number of rotatable bonds is 6. The Hall–Kier alpha value is -2.95. The molecule has 1 aliphatic rings. The van der Waals surface area contributed by atoms with Crippen molar-refractivity contribution in [2.24, 2.45) is 5.92 Å². The van der Waals surface area contributed by atoms with E-state index in [4.69, 9.17) is 0 Å². The monoisotopic (exact) mass is 364 g/mol. The normalized spacial score (nSPS) is 15.4. The summed E-state index contributed by atoms with van der Waals surface area (Å²) in [5, 5.41) is 2.89. The van der Waals surface area contributed by atoms with Crippen LogP contribution in [0.2, 0.25) is 0 Å². The molecule has 1 heterocycles. The fraction of sp³-hybridized carbons (Fsp3) is 0.318. The number of imide groups is 1. The Balaban J connectivity index is 1.82. The van der Waals surface area contributed by atoms with E-state index in [1.165, 1.54) is 0 Å². The van der Waals surface area contributed by atoms with E-state index in [2.05, 4.69) is 5.32 Å². The lowest BCUT2D eigenvalue weighted by Crippen LogP contribution is -2.52. The molecule has 0 aliphatic carbocycles. The van der Waals surface area contributed by atoms with Gasteiger partial charge in [-0.1, -0.05) is 62.2 Å². The van der Waals surface area contributed by atoms with E-state index in [0.29, 0.717) is 24.1 Å². The van der Waals surface area contributed by atoms with Crippen molar-refractivity contribution in [2.75, 3.05) is 0 Å². The van der Waals surface area contributed by atoms with Crippen molar-refractivity contribution < 1.29 is 14.4 Å². The van der Waals surface area contributed by atoms with Gasteiger partial charge in [0.15, 0.2) is 0 Å². The van der Waals surface area contributed by atoms with Crippen LogP contribution in [0.15, 0.2) is 48.5 Å². The average Bonchev–Trinajstić information content (AvgIpc) is 2.93. The number of benzene rings is 2. The third-order valence-electron chi connectivity index (χ3n) is 5.14. The van der Waals surface area contributed by atoms with Crippen molar-refractivity contribution in [1.82, 2.24) is 10.2 Å². The summed E-state index contributed by atoms with van der Waals surface area (Å²) < 4.78 is 0. The van der Waals surface area contributed by atoms with Crippen molar-refractivity contribution in [3.05, 3.63) is 70.8 Å². The molecule has 0 spiro atoms. The van der Waals surface area contributed by atoms with Gasteiger partial charge >= 0.3 is 0 Å². The number of fused-ring (bicyclic) bond motifs is 1. The first-order chi connectivity index (χ1) is 12.9. The highest BCUT2D eigenvalue weighted by molar-refractivity contribution is 6.22. The summed E-state index contributed by atoms with van der Waals surface area (Å²) in [6.45, 7) is 6.20. The Morgan fingerprint density at radius 1 is 1.00 bits per heavy atom. The quantitative estimate of drug-likeness (QED) is 0.800. The molecule has 2 aromatic carbocycles. The van der Waals surface area contributed by atoms with Crippen LogP contribution < -0.4 is 5.32 Å². The molecule has 1 N–H and O–H groups in total. The SMILES string of the molecule is CCC(C)C(C(=O)NCc1ccc(C)cc1)N1C(=O)c2ccccc2C1=O. The zero-order chi connectivity index (χ0) is 19.6. The third kappa shape index (κ3) is 3.63. The summed E-state index contributed by atoms with van der Waals surface area (Å²) in [6.07, 6.45) is 0.677. The summed E-state index contributed by atoms with van der Waals surface area (Å²) in [5.41, 5.74) is 2.84. The zero-order valence-corrected chi connectivity index (χ0v) is 15.9. The van der Waals surface area contributed by atoms with Crippen LogP contribution >= 0.6 is 0 Å². The number of amides is 3. The largest absolute Gasteiger partial charge is 0.350 e. The van der Waals surface area contributed by atoms with Crippen LogP contribution in [0.5, 0.6) is 0 Å². The topological polar surface area (TPSA) is 66.5 Å². The minimum atomic E-state index is -0.826. The van der Waals surface area contributed by atoms with Crippen LogP contribution in [0.1, 0.15) is 52.1 Å². The maximum absolute atomic E-state index is 13.0. The second-order valence-corrected chi connectivity index (χ2v) is 7.06. The molecule has 3 amide bonds. The maximum atomic E-state index is 13.0. The summed E-state index contributed by atoms with van der Waals surface area (Å²) in [5.74, 6) is -1.25. The van der Waals surface area contributed by atoms with Gasteiger partial charge in [-0.2, -0.15) is 0 Å². The van der Waals surface area contributed by atoms with Gasteiger partial charge in [-0.25, -0.2) is 0 Å². The fourth-order valence-electron chi connectivity index (χ4n) is 3.31. The van der Waals surface area contributed by atoms with Gasteiger partial charge in [0.2, 0.25) is 5.91 Å². The Bertz CT molecular complexity index is 838. The maximum Gasteiger partial charge on any atom is 0.262 e. The number of nitrogens with zero attached hydrogens (tertiary/aromatic N) is 1. The highest BCUT2D eigenvalue weighted by Gasteiger charge is 2.44. The van der Waals surface area contributed by atoms with Crippen LogP contribution in [-0.4, -0.2) is 28.7 Å². The average molecular weight is 364 g/mol. The van der Waals surface area contributed by atoms with Gasteiger partial charge < -0.3 is 5.32 Å². The molecular weight excluding hydrogens is 340 g/mol. The number of nitrogens with one attached hydrogen (secondary N) is 1. The lowest BCUT2D eigenvalue weighted by atomic mass is 9.96. The summed E-state index contributed by atoms with van der Waals surface area (Å²) >= 11 is 0. The predicted octanol–water partition coefficient (Wildman–Crippen LogP) is 3.32. The Kier molecular flexibility index (Phi) is 5.40. The molecule has 0 radical (unpaired) electrons.